The van der Waals surface area contributed by atoms with Crippen LogP contribution < -0.4 is 0 Å². The van der Waals surface area contributed by atoms with E-state index in [1.54, 1.807) is 24.3 Å². The van der Waals surface area contributed by atoms with Gasteiger partial charge in [0, 0.05) is 0 Å². The molecular weight excluding hydrogens is 351 g/mol. The molecule has 1 saturated heterocycles. The first-order chi connectivity index (χ1) is 9.39. The Kier molecular flexibility index (Phi) is 5.18. The van der Waals surface area contributed by atoms with E-state index in [1.165, 1.54) is 4.31 Å². The number of hydrogen-bond donors (Lipinski definition) is 0. The molecule has 112 valence electrons. The van der Waals surface area contributed by atoms with Gasteiger partial charge in [-0.3, -0.25) is 0 Å². The molecule has 0 aliphatic carbocycles. The van der Waals surface area contributed by atoms with Crippen molar-refractivity contribution in [2.75, 3.05) is 13.1 Å². The molecule has 1 aliphatic rings. The summed E-state index contributed by atoms with van der Waals surface area (Å²) in [5, 5.41) is -2.24. The normalized spacial score (nSPS) is 18.6. The van der Waals surface area contributed by atoms with E-state index >= 15 is 0 Å². The Bertz CT molecular complexity index is 540. The van der Waals surface area contributed by atoms with Gasteiger partial charge in [-0.15, -0.1) is 0 Å². The van der Waals surface area contributed by atoms with Crippen LogP contribution >= 0.6 is 0 Å². The van der Waals surface area contributed by atoms with Gasteiger partial charge in [-0.1, -0.05) is 0 Å². The van der Waals surface area contributed by atoms with Crippen molar-refractivity contribution in [2.45, 2.75) is 34.8 Å². The van der Waals surface area contributed by atoms with Crippen molar-refractivity contribution >= 4 is 25.0 Å². The summed E-state index contributed by atoms with van der Waals surface area (Å²) >= 11 is -0.695. The summed E-state index contributed by atoms with van der Waals surface area (Å²) in [6, 6.07) is 6.72. The average molecular weight is 368 g/mol. The Morgan fingerprint density at radius 1 is 1.20 bits per heavy atom. The van der Waals surface area contributed by atoms with Crippen LogP contribution in [0.15, 0.2) is 29.2 Å². The number of halogens is 2. The van der Waals surface area contributed by atoms with Crippen LogP contribution in [0.2, 0.25) is 4.82 Å². The molecule has 3 nitrogen and oxygen atoms in total. The van der Waals surface area contributed by atoms with Gasteiger partial charge in [-0.2, -0.15) is 0 Å². The Hall–Kier alpha value is -0.491. The number of aryl methyl sites for hydroxylation is 1. The molecule has 1 heterocycles. The predicted octanol–water partition coefficient (Wildman–Crippen LogP) is 2.49. The third kappa shape index (κ3) is 3.78. The second-order valence-electron chi connectivity index (χ2n) is 4.81. The van der Waals surface area contributed by atoms with E-state index in [2.05, 4.69) is 0 Å². The standard InChI is InChI=1S/C13H17F2NO2SSe/c1-10-2-4-11(5-3-10)19(17,18)16-8-6-12(7-9-16)20-13(14)15/h2-5,12-13H,6-9H2,1H3. The number of rotatable bonds is 4. The molecule has 0 unspecified atom stereocenters. The number of sulfonamides is 1. The molecule has 0 radical (unpaired) electrons. The van der Waals surface area contributed by atoms with Gasteiger partial charge in [0.2, 0.25) is 0 Å². The van der Waals surface area contributed by atoms with Crippen molar-refractivity contribution in [3.8, 4) is 0 Å². The molecule has 0 spiro atoms. The zero-order valence-corrected chi connectivity index (χ0v) is 13.7. The minimum absolute atomic E-state index is 0.00744. The second kappa shape index (κ2) is 6.52. The van der Waals surface area contributed by atoms with Gasteiger partial charge in [0.1, 0.15) is 0 Å². The molecule has 0 amide bonds. The van der Waals surface area contributed by atoms with Crippen molar-refractivity contribution in [3.05, 3.63) is 29.8 Å². The summed E-state index contributed by atoms with van der Waals surface area (Å²) in [5.41, 5.74) is 1.00. The molecule has 1 fully saturated rings. The van der Waals surface area contributed by atoms with Gasteiger partial charge in [-0.25, -0.2) is 0 Å². The van der Waals surface area contributed by atoms with Gasteiger partial charge < -0.3 is 0 Å². The second-order valence-corrected chi connectivity index (χ2v) is 9.47. The molecular formula is C13H17F2NO2SSe. The average Bonchev–Trinajstić information content (AvgIpc) is 2.39. The number of nitrogens with zero attached hydrogens (tertiary/aromatic N) is 1. The van der Waals surface area contributed by atoms with Gasteiger partial charge >= 0.3 is 124 Å². The summed E-state index contributed by atoms with van der Waals surface area (Å²) in [4.78, 5) is 0.271. The molecule has 1 aromatic rings. The fraction of sp³-hybridized carbons (Fsp3) is 0.538. The van der Waals surface area contributed by atoms with Crippen LogP contribution in [0.25, 0.3) is 0 Å². The molecule has 1 aliphatic heterocycles. The number of piperidine rings is 1. The fourth-order valence-corrected chi connectivity index (χ4v) is 5.31. The van der Waals surface area contributed by atoms with E-state index in [0.717, 1.165) is 5.56 Å². The van der Waals surface area contributed by atoms with Crippen molar-refractivity contribution in [1.29, 1.82) is 0 Å². The summed E-state index contributed by atoms with van der Waals surface area (Å²) < 4.78 is 50.9. The van der Waals surface area contributed by atoms with Crippen LogP contribution in [-0.4, -0.2) is 46.1 Å². The van der Waals surface area contributed by atoms with E-state index in [-0.39, 0.29) is 9.71 Å². The number of alkyl halides is 2. The molecule has 0 atom stereocenters. The number of hydrogen-bond acceptors (Lipinski definition) is 2. The molecule has 1 aromatic carbocycles. The zero-order valence-electron chi connectivity index (χ0n) is 11.1. The van der Waals surface area contributed by atoms with Crippen LogP contribution in [-0.2, 0) is 10.0 Å². The summed E-state index contributed by atoms with van der Waals surface area (Å²) in [6.07, 6.45) is 1.07. The van der Waals surface area contributed by atoms with Crippen molar-refractivity contribution in [2.24, 2.45) is 0 Å². The maximum atomic E-state index is 12.4. The third-order valence-electron chi connectivity index (χ3n) is 3.36. The monoisotopic (exact) mass is 369 g/mol. The van der Waals surface area contributed by atoms with Gasteiger partial charge in [0.15, 0.2) is 0 Å². The first kappa shape index (κ1) is 15.9. The zero-order chi connectivity index (χ0) is 14.8. The summed E-state index contributed by atoms with van der Waals surface area (Å²) in [5.74, 6) is 0. The first-order valence-electron chi connectivity index (χ1n) is 6.40. The van der Waals surface area contributed by atoms with Gasteiger partial charge in [0.25, 0.3) is 0 Å². The molecule has 0 N–H and O–H groups in total. The van der Waals surface area contributed by atoms with Crippen LogP contribution in [0.4, 0.5) is 8.78 Å². The first-order valence-corrected chi connectivity index (χ1v) is 9.82. The third-order valence-corrected chi connectivity index (χ3v) is 7.50. The quantitative estimate of drug-likeness (QED) is 0.766. The molecule has 0 bridgehead atoms. The van der Waals surface area contributed by atoms with Crippen molar-refractivity contribution < 1.29 is 17.2 Å². The van der Waals surface area contributed by atoms with E-state index in [1.807, 2.05) is 6.92 Å². The van der Waals surface area contributed by atoms with E-state index in [9.17, 15) is 17.2 Å². The molecule has 0 aromatic heterocycles. The SMILES string of the molecule is Cc1ccc(S(=O)(=O)N2CCC([Se]C(F)F)CC2)cc1. The molecule has 20 heavy (non-hydrogen) atoms. The minimum atomic E-state index is -3.48. The Morgan fingerprint density at radius 3 is 2.25 bits per heavy atom. The van der Waals surface area contributed by atoms with Crippen LogP contribution in [0.5, 0.6) is 0 Å². The Labute approximate surface area is 124 Å². The predicted molar refractivity (Wildman–Crippen MR) is 74.7 cm³/mol. The van der Waals surface area contributed by atoms with Crippen LogP contribution in [0.3, 0.4) is 0 Å². The van der Waals surface area contributed by atoms with Gasteiger partial charge in [-0.05, 0) is 0 Å². The van der Waals surface area contributed by atoms with Crippen molar-refractivity contribution in [1.82, 2.24) is 4.31 Å². The van der Waals surface area contributed by atoms with E-state index in [0.29, 0.717) is 25.9 Å². The molecule has 7 heteroatoms. The van der Waals surface area contributed by atoms with Gasteiger partial charge in [0.05, 0.1) is 0 Å². The van der Waals surface area contributed by atoms with E-state index in [4.69, 9.17) is 0 Å². The summed E-state index contributed by atoms with van der Waals surface area (Å²) in [7, 11) is -3.48. The topological polar surface area (TPSA) is 37.4 Å². The number of benzene rings is 1. The van der Waals surface area contributed by atoms with Crippen molar-refractivity contribution in [3.63, 3.8) is 0 Å². The fourth-order valence-electron chi connectivity index (χ4n) is 2.21. The van der Waals surface area contributed by atoms with E-state index < -0.39 is 30.3 Å². The van der Waals surface area contributed by atoms with Crippen LogP contribution in [0.1, 0.15) is 18.4 Å². The molecule has 0 saturated carbocycles. The Morgan fingerprint density at radius 2 is 1.75 bits per heavy atom. The van der Waals surface area contributed by atoms with Crippen LogP contribution in [0, 0.1) is 6.92 Å². The Balaban J connectivity index is 2.04. The maximum absolute atomic E-state index is 12.4. The summed E-state index contributed by atoms with van der Waals surface area (Å²) in [6.45, 7) is 2.58. The molecule has 2 rings (SSSR count).